The fourth-order valence-electron chi connectivity index (χ4n) is 3.78. The average molecular weight is 436 g/mol. The molecule has 1 aliphatic rings. The number of nitrogens with one attached hydrogen (secondary N) is 1. The summed E-state index contributed by atoms with van der Waals surface area (Å²) in [6.07, 6.45) is -3.26. The smallest absolute Gasteiger partial charge is 0.355 e. The van der Waals surface area contributed by atoms with Crippen LogP contribution in [0.4, 0.5) is 17.6 Å². The summed E-state index contributed by atoms with van der Waals surface area (Å²) in [6.45, 7) is 0.712. The van der Waals surface area contributed by atoms with Gasteiger partial charge >= 0.3 is 6.18 Å². The van der Waals surface area contributed by atoms with Crippen molar-refractivity contribution in [3.63, 3.8) is 0 Å². The molecule has 0 saturated carbocycles. The Balaban J connectivity index is 1.51. The Bertz CT molecular complexity index is 930. The summed E-state index contributed by atoms with van der Waals surface area (Å²) in [5.74, 6) is -1.08. The van der Waals surface area contributed by atoms with Gasteiger partial charge in [0.25, 0.3) is 0 Å². The first kappa shape index (κ1) is 22.8. The highest BCUT2D eigenvalue weighted by Crippen LogP contribution is 2.32. The Kier molecular flexibility index (Phi) is 7.30. The lowest BCUT2D eigenvalue weighted by Crippen LogP contribution is -2.46. The highest BCUT2D eigenvalue weighted by atomic mass is 19.4. The molecule has 1 heterocycles. The highest BCUT2D eigenvalue weighted by Gasteiger charge is 2.33. The molecule has 1 fully saturated rings. The molecule has 3 rings (SSSR count). The van der Waals surface area contributed by atoms with Crippen LogP contribution in [0.2, 0.25) is 0 Å². The highest BCUT2D eigenvalue weighted by molar-refractivity contribution is 5.83. The molecule has 1 aliphatic heterocycles. The number of carbonyl (C=O) groups excluding carboxylic acids is 2. The number of carbonyl (C=O) groups is 2. The van der Waals surface area contributed by atoms with Crippen LogP contribution in [0.25, 0.3) is 0 Å². The third-order valence-corrected chi connectivity index (χ3v) is 5.45. The first-order valence-corrected chi connectivity index (χ1v) is 10.2. The summed E-state index contributed by atoms with van der Waals surface area (Å²) in [5.41, 5.74) is 0.199. The van der Waals surface area contributed by atoms with Gasteiger partial charge in [0.2, 0.25) is 11.8 Å². The van der Waals surface area contributed by atoms with E-state index in [2.05, 4.69) is 5.32 Å². The maximum Gasteiger partial charge on any atom is 0.416 e. The molecule has 0 bridgehead atoms. The van der Waals surface area contributed by atoms with Crippen molar-refractivity contribution in [1.29, 1.82) is 0 Å². The number of amides is 2. The second-order valence-electron chi connectivity index (χ2n) is 7.65. The number of alkyl halides is 3. The van der Waals surface area contributed by atoms with E-state index < -0.39 is 17.7 Å². The van der Waals surface area contributed by atoms with Gasteiger partial charge in [-0.25, -0.2) is 4.39 Å². The second-order valence-corrected chi connectivity index (χ2v) is 7.65. The maximum absolute atomic E-state index is 13.3. The first-order valence-electron chi connectivity index (χ1n) is 10.2. The van der Waals surface area contributed by atoms with E-state index in [0.717, 1.165) is 11.6 Å². The Morgan fingerprint density at radius 3 is 2.61 bits per heavy atom. The van der Waals surface area contributed by atoms with Crippen molar-refractivity contribution >= 4 is 11.8 Å². The molecule has 0 radical (unpaired) electrons. The molecule has 2 aromatic carbocycles. The monoisotopic (exact) mass is 436 g/mol. The van der Waals surface area contributed by atoms with Gasteiger partial charge in [0.1, 0.15) is 5.82 Å². The van der Waals surface area contributed by atoms with Crippen molar-refractivity contribution < 1.29 is 27.2 Å². The third-order valence-electron chi connectivity index (χ3n) is 5.45. The number of piperidine rings is 1. The van der Waals surface area contributed by atoms with E-state index in [4.69, 9.17) is 0 Å². The van der Waals surface area contributed by atoms with Crippen LogP contribution < -0.4 is 5.32 Å². The minimum atomic E-state index is -4.44. The molecule has 1 unspecified atom stereocenters. The third kappa shape index (κ3) is 6.29. The normalized spacial score (nSPS) is 17.0. The summed E-state index contributed by atoms with van der Waals surface area (Å²) in [7, 11) is 0. The molecule has 8 heteroatoms. The first-order chi connectivity index (χ1) is 14.7. The summed E-state index contributed by atoms with van der Waals surface area (Å²) >= 11 is 0. The number of benzene rings is 2. The molecule has 2 aromatic rings. The number of hydrogen-bond acceptors (Lipinski definition) is 2. The number of likely N-dealkylation sites (tertiary alicyclic amines) is 1. The zero-order valence-electron chi connectivity index (χ0n) is 16.9. The SMILES string of the molecule is O=C(NCCc1ccccc1C(F)(F)F)C1CCC(=O)N(CCc2cccc(F)c2)C1. The summed E-state index contributed by atoms with van der Waals surface area (Å²) in [6, 6.07) is 11.5. The zero-order valence-corrected chi connectivity index (χ0v) is 16.9. The Morgan fingerprint density at radius 1 is 1.10 bits per heavy atom. The van der Waals surface area contributed by atoms with Gasteiger partial charge in [-0.1, -0.05) is 30.3 Å². The maximum atomic E-state index is 13.3. The van der Waals surface area contributed by atoms with E-state index in [9.17, 15) is 27.2 Å². The molecular formula is C23H24F4N2O2. The molecule has 166 valence electrons. The molecule has 2 amide bonds. The molecule has 0 spiro atoms. The van der Waals surface area contributed by atoms with Gasteiger partial charge in [-0.05, 0) is 48.6 Å². The lowest BCUT2D eigenvalue weighted by Gasteiger charge is -2.32. The van der Waals surface area contributed by atoms with Crippen LogP contribution in [0, 0.1) is 11.7 Å². The van der Waals surface area contributed by atoms with E-state index in [1.165, 1.54) is 30.3 Å². The zero-order chi connectivity index (χ0) is 22.4. The Morgan fingerprint density at radius 2 is 1.87 bits per heavy atom. The van der Waals surface area contributed by atoms with Crippen LogP contribution in [0.15, 0.2) is 48.5 Å². The molecule has 1 N–H and O–H groups in total. The Labute approximate surface area is 178 Å². The number of halogens is 4. The minimum absolute atomic E-state index is 0.0560. The van der Waals surface area contributed by atoms with Crippen molar-refractivity contribution in [2.24, 2.45) is 5.92 Å². The van der Waals surface area contributed by atoms with Gasteiger partial charge in [0.05, 0.1) is 11.5 Å². The molecule has 0 aliphatic carbocycles. The number of nitrogens with zero attached hydrogens (tertiary/aromatic N) is 1. The van der Waals surface area contributed by atoms with Crippen LogP contribution in [0.3, 0.4) is 0 Å². The van der Waals surface area contributed by atoms with Gasteiger partial charge in [-0.3, -0.25) is 9.59 Å². The van der Waals surface area contributed by atoms with Crippen molar-refractivity contribution in [3.05, 3.63) is 71.0 Å². The van der Waals surface area contributed by atoms with Crippen molar-refractivity contribution in [2.45, 2.75) is 31.9 Å². The summed E-state index contributed by atoms with van der Waals surface area (Å²) in [5, 5.41) is 2.70. The number of rotatable bonds is 7. The van der Waals surface area contributed by atoms with E-state index >= 15 is 0 Å². The quantitative estimate of drug-likeness (QED) is 0.668. The Hall–Kier alpha value is -2.90. The van der Waals surface area contributed by atoms with Crippen molar-refractivity contribution in [2.75, 3.05) is 19.6 Å². The standard InChI is InChI=1S/C23H24F4N2O2/c24-19-6-3-4-16(14-19)11-13-29-15-18(8-9-21(29)30)22(31)28-12-10-17-5-1-2-7-20(17)23(25,26)27/h1-7,14,18H,8-13,15H2,(H,28,31). The molecular weight excluding hydrogens is 412 g/mol. The van der Waals surface area contributed by atoms with Gasteiger partial charge < -0.3 is 10.2 Å². The fraction of sp³-hybridized carbons (Fsp3) is 0.391. The van der Waals surface area contributed by atoms with E-state index in [0.29, 0.717) is 19.4 Å². The lowest BCUT2D eigenvalue weighted by atomic mass is 9.96. The second kappa shape index (κ2) is 9.94. The van der Waals surface area contributed by atoms with Gasteiger partial charge in [-0.2, -0.15) is 13.2 Å². The van der Waals surface area contributed by atoms with Crippen molar-refractivity contribution in [3.8, 4) is 0 Å². The molecule has 1 saturated heterocycles. The van der Waals surface area contributed by atoms with E-state index in [1.807, 2.05) is 0 Å². The average Bonchev–Trinajstić information content (AvgIpc) is 2.73. The fourth-order valence-corrected chi connectivity index (χ4v) is 3.78. The van der Waals surface area contributed by atoms with Gasteiger partial charge in [0, 0.05) is 26.1 Å². The minimum Gasteiger partial charge on any atom is -0.355 e. The van der Waals surface area contributed by atoms with Gasteiger partial charge in [0.15, 0.2) is 0 Å². The van der Waals surface area contributed by atoms with E-state index in [1.54, 1.807) is 17.0 Å². The van der Waals surface area contributed by atoms with Crippen LogP contribution in [-0.2, 0) is 28.6 Å². The van der Waals surface area contributed by atoms with Gasteiger partial charge in [-0.15, -0.1) is 0 Å². The van der Waals surface area contributed by atoms with Crippen LogP contribution >= 0.6 is 0 Å². The summed E-state index contributed by atoms with van der Waals surface area (Å²) < 4.78 is 52.5. The van der Waals surface area contributed by atoms with Crippen LogP contribution in [0.5, 0.6) is 0 Å². The predicted octanol–water partition coefficient (Wildman–Crippen LogP) is 3.98. The van der Waals surface area contributed by atoms with Crippen LogP contribution in [-0.4, -0.2) is 36.3 Å². The largest absolute Gasteiger partial charge is 0.416 e. The lowest BCUT2D eigenvalue weighted by molar-refractivity contribution is -0.139. The van der Waals surface area contributed by atoms with Crippen LogP contribution in [0.1, 0.15) is 29.5 Å². The van der Waals surface area contributed by atoms with Crippen molar-refractivity contribution in [1.82, 2.24) is 10.2 Å². The molecule has 0 aromatic heterocycles. The number of hydrogen-bond donors (Lipinski definition) is 1. The summed E-state index contributed by atoms with van der Waals surface area (Å²) in [4.78, 5) is 26.3. The predicted molar refractivity (Wildman–Crippen MR) is 108 cm³/mol. The molecule has 31 heavy (non-hydrogen) atoms. The topological polar surface area (TPSA) is 49.4 Å². The van der Waals surface area contributed by atoms with E-state index in [-0.39, 0.29) is 49.1 Å². The molecule has 1 atom stereocenters. The molecule has 4 nitrogen and oxygen atoms in total.